The van der Waals surface area contributed by atoms with E-state index in [0.29, 0.717) is 22.3 Å². The van der Waals surface area contributed by atoms with Crippen LogP contribution in [0.2, 0.25) is 0 Å². The number of benzene rings is 4. The SMILES string of the molecule is CCO.CCO.[Co+2].[Co+2].[O-]c1ccccc1-c1ccccc1[O-].[O-]c1ccccc1-c1ccccc1[O-].c1ccncc1.c1ccncc1.c1ccncc1.c1ccncc1. The van der Waals surface area contributed by atoms with E-state index in [-0.39, 0.29) is 69.8 Å². The predicted octanol–water partition coefficient (Wildman–Crippen LogP) is 7.32. The number of para-hydroxylation sites is 4. The van der Waals surface area contributed by atoms with Crippen molar-refractivity contribution in [3.05, 3.63) is 219 Å². The first-order valence-corrected chi connectivity index (χ1v) is 18.1. The van der Waals surface area contributed by atoms with Gasteiger partial charge in [-0.05, 0) is 84.6 Å². The van der Waals surface area contributed by atoms with Gasteiger partial charge in [-0.1, -0.05) is 121 Å². The fraction of sp³-hybridized carbons (Fsp3) is 0.0833. The Morgan fingerprint density at radius 2 is 0.450 bits per heavy atom. The van der Waals surface area contributed by atoms with Crippen molar-refractivity contribution in [1.29, 1.82) is 0 Å². The Bertz CT molecular complexity index is 1680. The van der Waals surface area contributed by atoms with E-state index < -0.39 is 0 Å². The van der Waals surface area contributed by atoms with Gasteiger partial charge in [-0.15, -0.1) is 23.0 Å². The Labute approximate surface area is 374 Å². The van der Waals surface area contributed by atoms with Gasteiger partial charge in [0.2, 0.25) is 0 Å². The van der Waals surface area contributed by atoms with Gasteiger partial charge in [-0.2, -0.15) is 0 Å². The number of nitrogens with zero attached hydrogens (tertiary/aromatic N) is 4. The molecule has 60 heavy (non-hydrogen) atoms. The number of pyridine rings is 4. The molecule has 12 heteroatoms. The number of hydrogen-bond acceptors (Lipinski definition) is 10. The minimum Gasteiger partial charge on any atom is -0.872 e. The Hall–Kier alpha value is -6.39. The van der Waals surface area contributed by atoms with Gasteiger partial charge in [0.1, 0.15) is 0 Å². The summed E-state index contributed by atoms with van der Waals surface area (Å²) in [6, 6.07) is 49.0. The second-order valence-corrected chi connectivity index (χ2v) is 10.7. The van der Waals surface area contributed by atoms with Crippen molar-refractivity contribution in [2.75, 3.05) is 13.2 Å². The molecule has 0 saturated heterocycles. The third-order valence-electron chi connectivity index (χ3n) is 6.39. The summed E-state index contributed by atoms with van der Waals surface area (Å²) in [5.41, 5.74) is 1.88. The number of hydrogen-bond donors (Lipinski definition) is 2. The summed E-state index contributed by atoms with van der Waals surface area (Å²) in [5.74, 6) is -0.460. The van der Waals surface area contributed by atoms with Crippen LogP contribution in [0.4, 0.5) is 0 Å². The van der Waals surface area contributed by atoms with Crippen LogP contribution in [-0.2, 0) is 33.6 Å². The van der Waals surface area contributed by atoms with E-state index in [2.05, 4.69) is 19.9 Å². The predicted molar refractivity (Wildman–Crippen MR) is 224 cm³/mol. The van der Waals surface area contributed by atoms with Crippen LogP contribution in [0.25, 0.3) is 22.3 Å². The molecule has 0 unspecified atom stereocenters. The van der Waals surface area contributed by atoms with Crippen molar-refractivity contribution in [2.45, 2.75) is 13.8 Å². The first-order valence-electron chi connectivity index (χ1n) is 18.1. The average molecular weight is 895 g/mol. The van der Waals surface area contributed by atoms with Gasteiger partial charge >= 0.3 is 33.6 Å². The molecule has 4 aromatic carbocycles. The zero-order valence-electron chi connectivity index (χ0n) is 33.2. The number of aliphatic hydroxyl groups excluding tert-OH is 2. The third kappa shape index (κ3) is 27.3. The Morgan fingerprint density at radius 1 is 0.300 bits per heavy atom. The van der Waals surface area contributed by atoms with Gasteiger partial charge in [0.15, 0.2) is 0 Å². The Balaban J connectivity index is 0. The molecule has 2 N–H and O–H groups in total. The quantitative estimate of drug-likeness (QED) is 0.178. The standard InChI is InChI=1S/2C12H10O2.4C5H5N.2C2H6O.2Co/c2*13-11-7-3-1-5-9(11)10-6-2-4-8-12(10)14;4*1-2-4-6-5-3-1;2*1-2-3;;/h2*1-8,13-14H;4*1-5H;2*3H,2H2,1H3;;/q;;;;;;;;2*+2/p-4. The van der Waals surface area contributed by atoms with Crippen molar-refractivity contribution in [3.8, 4) is 45.3 Å². The fourth-order valence-corrected chi connectivity index (χ4v) is 4.01. The van der Waals surface area contributed by atoms with Gasteiger partial charge in [0, 0.05) is 62.8 Å². The number of aliphatic hydroxyl groups is 2. The molecule has 8 aromatic rings. The molecule has 0 aliphatic carbocycles. The van der Waals surface area contributed by atoms with Crippen LogP contribution in [-0.4, -0.2) is 43.4 Å². The molecule has 0 saturated carbocycles. The van der Waals surface area contributed by atoms with Crippen LogP contribution >= 0.6 is 0 Å². The summed E-state index contributed by atoms with van der Waals surface area (Å²) >= 11 is 0. The van der Waals surface area contributed by atoms with Gasteiger partial charge < -0.3 is 30.6 Å². The Kier molecular flexibility index (Phi) is 36.6. The molecule has 0 atom stereocenters. The molecule has 2 radical (unpaired) electrons. The van der Waals surface area contributed by atoms with Gasteiger partial charge in [0.25, 0.3) is 0 Å². The Morgan fingerprint density at radius 3 is 0.550 bits per heavy atom. The van der Waals surface area contributed by atoms with Gasteiger partial charge in [0.05, 0.1) is 0 Å². The molecule has 0 amide bonds. The molecule has 0 aliphatic rings. The zero-order chi connectivity index (χ0) is 42.3. The summed E-state index contributed by atoms with van der Waals surface area (Å²) in [6.07, 6.45) is 14.0. The number of aromatic nitrogens is 4. The van der Waals surface area contributed by atoms with E-state index in [1.807, 2.05) is 72.8 Å². The molecule has 10 nitrogen and oxygen atoms in total. The summed E-state index contributed by atoms with van der Waals surface area (Å²) in [4.78, 5) is 15.1. The molecular formula is C48H48Co2N4O6. The summed E-state index contributed by atoms with van der Waals surface area (Å²) in [7, 11) is 0. The fourth-order valence-electron chi connectivity index (χ4n) is 4.01. The molecule has 8 rings (SSSR count). The van der Waals surface area contributed by atoms with E-state index in [1.165, 1.54) is 24.3 Å². The largest absolute Gasteiger partial charge is 2.00 e. The van der Waals surface area contributed by atoms with E-state index in [9.17, 15) is 20.4 Å². The summed E-state index contributed by atoms with van der Waals surface area (Å²) < 4.78 is 0. The molecule has 4 heterocycles. The first kappa shape index (κ1) is 55.7. The minimum absolute atomic E-state index is 0. The van der Waals surface area contributed by atoms with Crippen LogP contribution in [0, 0.1) is 0 Å². The minimum atomic E-state index is -0.115. The van der Waals surface area contributed by atoms with Crippen LogP contribution < -0.4 is 20.4 Å². The van der Waals surface area contributed by atoms with E-state index in [4.69, 9.17) is 10.2 Å². The van der Waals surface area contributed by atoms with Crippen molar-refractivity contribution < 1.29 is 64.2 Å². The maximum absolute atomic E-state index is 11.4. The monoisotopic (exact) mass is 894 g/mol. The molecule has 0 spiro atoms. The van der Waals surface area contributed by atoms with Crippen LogP contribution in [0.3, 0.4) is 0 Å². The van der Waals surface area contributed by atoms with E-state index in [1.54, 1.807) is 136 Å². The molecular weight excluding hydrogens is 846 g/mol. The molecule has 0 aliphatic heterocycles. The van der Waals surface area contributed by atoms with Crippen molar-refractivity contribution >= 4 is 0 Å². The normalized spacial score (nSPS) is 8.47. The molecule has 4 aromatic heterocycles. The zero-order valence-corrected chi connectivity index (χ0v) is 35.3. The van der Waals surface area contributed by atoms with Crippen LogP contribution in [0.5, 0.6) is 23.0 Å². The van der Waals surface area contributed by atoms with Crippen LogP contribution in [0.1, 0.15) is 13.8 Å². The van der Waals surface area contributed by atoms with E-state index in [0.717, 1.165) is 0 Å². The van der Waals surface area contributed by atoms with Gasteiger partial charge in [-0.25, -0.2) is 0 Å². The summed E-state index contributed by atoms with van der Waals surface area (Å²) in [5, 5.41) is 60.9. The van der Waals surface area contributed by atoms with E-state index >= 15 is 0 Å². The second kappa shape index (κ2) is 39.4. The smallest absolute Gasteiger partial charge is 0.872 e. The molecule has 0 bridgehead atoms. The second-order valence-electron chi connectivity index (χ2n) is 10.7. The maximum atomic E-state index is 11.4. The molecule has 0 fully saturated rings. The van der Waals surface area contributed by atoms with Crippen LogP contribution in [0.15, 0.2) is 219 Å². The average Bonchev–Trinajstić information content (AvgIpc) is 3.29. The van der Waals surface area contributed by atoms with Gasteiger partial charge in [-0.3, -0.25) is 19.9 Å². The van der Waals surface area contributed by atoms with Crippen molar-refractivity contribution in [3.63, 3.8) is 0 Å². The maximum Gasteiger partial charge on any atom is 2.00 e. The third-order valence-corrected chi connectivity index (χ3v) is 6.39. The van der Waals surface area contributed by atoms with Crippen molar-refractivity contribution in [1.82, 2.24) is 19.9 Å². The molecule has 314 valence electrons. The number of rotatable bonds is 2. The van der Waals surface area contributed by atoms with Crippen molar-refractivity contribution in [2.24, 2.45) is 0 Å². The first-order chi connectivity index (χ1) is 28.4. The summed E-state index contributed by atoms with van der Waals surface area (Å²) in [6.45, 7) is 3.86. The topological polar surface area (TPSA) is 184 Å².